The Kier molecular flexibility index (Phi) is 6.31. The van der Waals surface area contributed by atoms with Crippen molar-refractivity contribution in [1.29, 1.82) is 5.26 Å². The molecule has 0 unspecified atom stereocenters. The lowest BCUT2D eigenvalue weighted by atomic mass is 9.82. The summed E-state index contributed by atoms with van der Waals surface area (Å²) in [5.74, 6) is 0. The molecule has 214 valence electrons. The molecule has 0 amide bonds. The Hall–Kier alpha value is -5.53. The molecule has 0 spiro atoms. The number of nitrogens with zero attached hydrogens (tertiary/aromatic N) is 1. The highest BCUT2D eigenvalue weighted by Crippen LogP contribution is 2.48. The number of fused-ring (bicyclic) bond motifs is 6. The largest absolute Gasteiger partial charge is 0.192 e. The molecule has 7 aromatic carbocycles. The maximum absolute atomic E-state index is 9.91. The fourth-order valence-electron chi connectivity index (χ4n) is 6.82. The van der Waals surface area contributed by atoms with E-state index in [1.54, 1.807) is 0 Å². The van der Waals surface area contributed by atoms with E-state index in [0.717, 1.165) is 22.3 Å². The molecular weight excluding hydrogens is 595 g/mol. The summed E-state index contributed by atoms with van der Waals surface area (Å²) in [5, 5.41) is 15.1. The van der Waals surface area contributed by atoms with E-state index in [-0.39, 0.29) is 0 Å². The van der Waals surface area contributed by atoms with Gasteiger partial charge < -0.3 is 0 Å². The molecule has 0 aliphatic heterocycles. The molecule has 0 saturated carbocycles. The standard InChI is InChI=1S/C43H25NS2/c44-26-27-9-8-12-31(23-27)43-33(30-18-20-37-35-14-5-7-16-39(35)46-41(37)25-30)22-21-32(42(43)28-10-2-1-3-11-28)29-17-19-36-34-13-4-6-15-38(34)45-40(36)24-29/h1-25H. The van der Waals surface area contributed by atoms with Crippen molar-refractivity contribution < 1.29 is 0 Å². The highest BCUT2D eigenvalue weighted by Gasteiger charge is 2.21. The van der Waals surface area contributed by atoms with Gasteiger partial charge in [0, 0.05) is 40.3 Å². The predicted octanol–water partition coefficient (Wildman–Crippen LogP) is 13.0. The maximum atomic E-state index is 9.91. The summed E-state index contributed by atoms with van der Waals surface area (Å²) in [5.41, 5.74) is 9.82. The van der Waals surface area contributed by atoms with E-state index in [0.29, 0.717) is 5.56 Å². The number of nitriles is 1. The summed E-state index contributed by atoms with van der Waals surface area (Å²) in [4.78, 5) is 0. The quantitative estimate of drug-likeness (QED) is 0.192. The van der Waals surface area contributed by atoms with Crippen molar-refractivity contribution in [2.24, 2.45) is 0 Å². The molecule has 0 aliphatic rings. The zero-order valence-corrected chi connectivity index (χ0v) is 26.3. The first-order chi connectivity index (χ1) is 22.7. The molecule has 0 radical (unpaired) electrons. The molecule has 46 heavy (non-hydrogen) atoms. The molecule has 2 aromatic heterocycles. The first kappa shape index (κ1) is 26.8. The summed E-state index contributed by atoms with van der Waals surface area (Å²) in [7, 11) is 0. The zero-order valence-electron chi connectivity index (χ0n) is 24.7. The first-order valence-corrected chi connectivity index (χ1v) is 16.9. The van der Waals surface area contributed by atoms with Gasteiger partial charge in [-0.25, -0.2) is 0 Å². The molecular formula is C43H25NS2. The van der Waals surface area contributed by atoms with Crippen LogP contribution in [-0.4, -0.2) is 0 Å². The van der Waals surface area contributed by atoms with Gasteiger partial charge in [-0.1, -0.05) is 115 Å². The number of thiophene rings is 2. The lowest BCUT2D eigenvalue weighted by molar-refractivity contribution is 1.48. The van der Waals surface area contributed by atoms with E-state index in [4.69, 9.17) is 0 Å². The topological polar surface area (TPSA) is 23.8 Å². The molecule has 2 heterocycles. The van der Waals surface area contributed by atoms with Gasteiger partial charge in [-0.15, -0.1) is 22.7 Å². The van der Waals surface area contributed by atoms with Crippen molar-refractivity contribution >= 4 is 63.0 Å². The Bertz CT molecular complexity index is 2650. The minimum atomic E-state index is 0.652. The molecule has 0 fully saturated rings. The molecule has 0 aliphatic carbocycles. The van der Waals surface area contributed by atoms with Crippen molar-refractivity contribution in [3.05, 3.63) is 157 Å². The van der Waals surface area contributed by atoms with Crippen molar-refractivity contribution in [3.63, 3.8) is 0 Å². The average Bonchev–Trinajstić information content (AvgIpc) is 3.69. The van der Waals surface area contributed by atoms with Gasteiger partial charge in [0.1, 0.15) is 0 Å². The minimum absolute atomic E-state index is 0.652. The number of hydrogen-bond donors (Lipinski definition) is 0. The van der Waals surface area contributed by atoms with Gasteiger partial charge in [0.05, 0.1) is 11.6 Å². The summed E-state index contributed by atoms with van der Waals surface area (Å²) >= 11 is 3.69. The van der Waals surface area contributed by atoms with Gasteiger partial charge in [-0.05, 0) is 80.9 Å². The summed E-state index contributed by atoms with van der Waals surface area (Å²) in [6.07, 6.45) is 0. The second kappa shape index (κ2) is 10.8. The Morgan fingerprint density at radius 2 is 0.870 bits per heavy atom. The predicted molar refractivity (Wildman–Crippen MR) is 199 cm³/mol. The summed E-state index contributed by atoms with van der Waals surface area (Å²) in [6, 6.07) is 56.7. The maximum Gasteiger partial charge on any atom is 0.0991 e. The molecule has 1 nitrogen and oxygen atoms in total. The van der Waals surface area contributed by atoms with Gasteiger partial charge in [-0.2, -0.15) is 5.26 Å². The summed E-state index contributed by atoms with van der Waals surface area (Å²) in [6.45, 7) is 0. The van der Waals surface area contributed by atoms with Crippen molar-refractivity contribution in [3.8, 4) is 50.6 Å². The SMILES string of the molecule is N#Cc1cccc(-c2c(-c3ccc4c(c3)sc3ccccc34)ccc(-c3ccc4c(c3)sc3ccccc34)c2-c2ccccc2)c1. The molecule has 0 saturated heterocycles. The van der Waals surface area contributed by atoms with Crippen LogP contribution in [0.15, 0.2) is 152 Å². The minimum Gasteiger partial charge on any atom is -0.192 e. The van der Waals surface area contributed by atoms with Gasteiger partial charge in [0.15, 0.2) is 0 Å². The number of benzene rings is 7. The van der Waals surface area contributed by atoms with Crippen molar-refractivity contribution in [1.82, 2.24) is 0 Å². The summed E-state index contributed by atoms with van der Waals surface area (Å²) < 4.78 is 5.16. The van der Waals surface area contributed by atoms with Gasteiger partial charge >= 0.3 is 0 Å². The van der Waals surface area contributed by atoms with Crippen LogP contribution in [0.5, 0.6) is 0 Å². The normalized spacial score (nSPS) is 11.5. The lowest BCUT2D eigenvalue weighted by Gasteiger charge is -2.21. The van der Waals surface area contributed by atoms with Crippen LogP contribution in [0.3, 0.4) is 0 Å². The van der Waals surface area contributed by atoms with E-state index in [1.807, 2.05) is 40.9 Å². The van der Waals surface area contributed by atoms with Crippen LogP contribution in [0.4, 0.5) is 0 Å². The lowest BCUT2D eigenvalue weighted by Crippen LogP contribution is -1.95. The van der Waals surface area contributed by atoms with Gasteiger partial charge in [0.25, 0.3) is 0 Å². The smallest absolute Gasteiger partial charge is 0.0991 e. The molecule has 9 rings (SSSR count). The average molecular weight is 620 g/mol. The molecule has 3 heteroatoms. The van der Waals surface area contributed by atoms with Crippen LogP contribution in [0.2, 0.25) is 0 Å². The second-order valence-corrected chi connectivity index (χ2v) is 13.8. The molecule has 0 atom stereocenters. The van der Waals surface area contributed by atoms with Crippen LogP contribution >= 0.6 is 22.7 Å². The fraction of sp³-hybridized carbons (Fsp3) is 0. The van der Waals surface area contributed by atoms with E-state index in [1.165, 1.54) is 62.6 Å². The van der Waals surface area contributed by atoms with Crippen molar-refractivity contribution in [2.45, 2.75) is 0 Å². The molecule has 9 aromatic rings. The third-order valence-electron chi connectivity index (χ3n) is 8.93. The number of rotatable bonds is 4. The fourth-order valence-corrected chi connectivity index (χ4v) is 9.11. The second-order valence-electron chi connectivity index (χ2n) is 11.6. The Balaban J connectivity index is 1.35. The highest BCUT2D eigenvalue weighted by molar-refractivity contribution is 7.26. The van der Waals surface area contributed by atoms with Crippen molar-refractivity contribution in [2.75, 3.05) is 0 Å². The van der Waals surface area contributed by atoms with Crippen LogP contribution in [0, 0.1) is 11.3 Å². The number of hydrogen-bond acceptors (Lipinski definition) is 3. The highest BCUT2D eigenvalue weighted by atomic mass is 32.1. The Morgan fingerprint density at radius 3 is 1.46 bits per heavy atom. The van der Waals surface area contributed by atoms with Crippen LogP contribution in [0.1, 0.15) is 5.56 Å². The van der Waals surface area contributed by atoms with E-state index >= 15 is 0 Å². The van der Waals surface area contributed by atoms with Crippen LogP contribution < -0.4 is 0 Å². The van der Waals surface area contributed by atoms with Gasteiger partial charge in [-0.3, -0.25) is 0 Å². The first-order valence-electron chi connectivity index (χ1n) is 15.3. The van der Waals surface area contributed by atoms with E-state index in [9.17, 15) is 5.26 Å². The Morgan fingerprint density at radius 1 is 0.370 bits per heavy atom. The third-order valence-corrected chi connectivity index (χ3v) is 11.2. The third kappa shape index (κ3) is 4.35. The van der Waals surface area contributed by atoms with Crippen LogP contribution in [0.25, 0.3) is 84.9 Å². The monoisotopic (exact) mass is 619 g/mol. The Labute approximate surface area is 274 Å². The van der Waals surface area contributed by atoms with E-state index < -0.39 is 0 Å². The molecule has 0 bridgehead atoms. The zero-order chi connectivity index (χ0) is 30.6. The van der Waals surface area contributed by atoms with Crippen LogP contribution in [-0.2, 0) is 0 Å². The molecule has 0 N–H and O–H groups in total. The van der Waals surface area contributed by atoms with Gasteiger partial charge in [0.2, 0.25) is 0 Å². The van der Waals surface area contributed by atoms with E-state index in [2.05, 4.69) is 140 Å².